The smallest absolute Gasteiger partial charge is 0.329 e. The Hall–Kier alpha value is -2.32. The Kier molecular flexibility index (Phi) is 5.81. The van der Waals surface area contributed by atoms with Crippen molar-refractivity contribution < 1.29 is 9.59 Å². The van der Waals surface area contributed by atoms with Crippen LogP contribution in [0.2, 0.25) is 0 Å². The number of anilines is 1. The third-order valence-corrected chi connectivity index (χ3v) is 5.84. The van der Waals surface area contributed by atoms with Gasteiger partial charge in [-0.15, -0.1) is 12.4 Å². The van der Waals surface area contributed by atoms with E-state index in [0.717, 1.165) is 42.7 Å². The number of fused-ring (bicyclic) bond motifs is 1. The van der Waals surface area contributed by atoms with Crippen LogP contribution in [-0.4, -0.2) is 47.1 Å². The van der Waals surface area contributed by atoms with Crippen molar-refractivity contribution in [2.75, 3.05) is 25.0 Å². The van der Waals surface area contributed by atoms with Crippen molar-refractivity contribution in [2.24, 2.45) is 7.05 Å². The monoisotopic (exact) mass is 407 g/mol. The molecule has 152 valence electrons. The number of hydrogen-bond donors (Lipinski definition) is 2. The zero-order chi connectivity index (χ0) is 19.1. The zero-order valence-corrected chi connectivity index (χ0v) is 16.9. The maximum Gasteiger partial charge on any atom is 0.329 e. The van der Waals surface area contributed by atoms with Gasteiger partial charge in [-0.05, 0) is 44.5 Å². The first kappa shape index (κ1) is 20.4. The van der Waals surface area contributed by atoms with E-state index in [1.165, 1.54) is 4.57 Å². The molecule has 9 heteroatoms. The number of rotatable bonds is 3. The number of aryl methyl sites for hydroxylation is 1. The second-order valence-electron chi connectivity index (χ2n) is 7.42. The van der Waals surface area contributed by atoms with Gasteiger partial charge in [0.15, 0.2) is 0 Å². The van der Waals surface area contributed by atoms with Gasteiger partial charge >= 0.3 is 5.69 Å². The number of nitrogens with zero attached hydrogens (tertiary/aromatic N) is 3. The minimum atomic E-state index is -0.654. The predicted octanol–water partition coefficient (Wildman–Crippen LogP) is 0.928. The van der Waals surface area contributed by atoms with Crippen molar-refractivity contribution >= 4 is 40.9 Å². The van der Waals surface area contributed by atoms with E-state index in [4.69, 9.17) is 0 Å². The predicted molar refractivity (Wildman–Crippen MR) is 110 cm³/mol. The van der Waals surface area contributed by atoms with E-state index in [-0.39, 0.29) is 30.4 Å². The van der Waals surface area contributed by atoms with E-state index >= 15 is 0 Å². The van der Waals surface area contributed by atoms with Crippen LogP contribution in [-0.2, 0) is 16.6 Å². The van der Waals surface area contributed by atoms with Gasteiger partial charge in [-0.2, -0.15) is 0 Å². The van der Waals surface area contributed by atoms with Gasteiger partial charge in [0.1, 0.15) is 6.04 Å². The lowest BCUT2D eigenvalue weighted by Gasteiger charge is -2.33. The Morgan fingerprint density at radius 2 is 1.82 bits per heavy atom. The molecule has 0 bridgehead atoms. The van der Waals surface area contributed by atoms with E-state index in [1.54, 1.807) is 11.6 Å². The third-order valence-electron chi connectivity index (χ3n) is 5.84. The Morgan fingerprint density at radius 1 is 1.11 bits per heavy atom. The molecule has 2 saturated heterocycles. The molecular weight excluding hydrogens is 382 g/mol. The molecule has 1 aromatic carbocycles. The van der Waals surface area contributed by atoms with Crippen molar-refractivity contribution in [2.45, 2.75) is 37.8 Å². The van der Waals surface area contributed by atoms with Gasteiger partial charge < -0.3 is 10.2 Å². The maximum absolute atomic E-state index is 13.0. The number of nitrogens with one attached hydrogen (secondary N) is 2. The number of benzene rings is 1. The summed E-state index contributed by atoms with van der Waals surface area (Å²) in [6.45, 7) is 1.97. The van der Waals surface area contributed by atoms with Crippen molar-refractivity contribution in [1.82, 2.24) is 19.8 Å². The fourth-order valence-corrected chi connectivity index (χ4v) is 4.32. The molecule has 2 aliphatic heterocycles. The number of carbonyl (C=O) groups is 2. The van der Waals surface area contributed by atoms with Crippen LogP contribution in [0.4, 0.5) is 5.69 Å². The van der Waals surface area contributed by atoms with Gasteiger partial charge in [0.2, 0.25) is 11.8 Å². The van der Waals surface area contributed by atoms with E-state index in [2.05, 4.69) is 22.6 Å². The average molecular weight is 408 g/mol. The number of para-hydroxylation sites is 1. The number of amides is 2. The Morgan fingerprint density at radius 3 is 2.50 bits per heavy atom. The molecule has 0 saturated carbocycles. The van der Waals surface area contributed by atoms with Crippen molar-refractivity contribution in [3.8, 4) is 0 Å². The second kappa shape index (κ2) is 7.97. The standard InChI is InChI=1S/C19H25N5O3.ClH/c1-22(12-8-10-20-11-9-12)13-4-3-5-14-17(13)23(2)19(27)24(14)15-6-7-16(25)21-18(15)26;/h3-5,12,15,20H,6-11H2,1-2H3,(H,21,25,26);1H. The quantitative estimate of drug-likeness (QED) is 0.739. The lowest BCUT2D eigenvalue weighted by atomic mass is 10.0. The minimum Gasteiger partial charge on any atom is -0.370 e. The Balaban J connectivity index is 0.00000225. The number of imidazole rings is 1. The van der Waals surface area contributed by atoms with Crippen LogP contribution in [0.15, 0.2) is 23.0 Å². The van der Waals surface area contributed by atoms with Gasteiger partial charge in [-0.3, -0.25) is 24.0 Å². The van der Waals surface area contributed by atoms with Gasteiger partial charge in [0.05, 0.1) is 16.7 Å². The first-order chi connectivity index (χ1) is 13.0. The summed E-state index contributed by atoms with van der Waals surface area (Å²) in [5.74, 6) is -0.686. The van der Waals surface area contributed by atoms with Crippen molar-refractivity contribution in [3.63, 3.8) is 0 Å². The topological polar surface area (TPSA) is 88.4 Å². The molecule has 1 aromatic heterocycles. The lowest BCUT2D eigenvalue weighted by Crippen LogP contribution is -2.44. The van der Waals surface area contributed by atoms with Crippen LogP contribution < -0.4 is 21.2 Å². The van der Waals surface area contributed by atoms with Crippen LogP contribution in [0, 0.1) is 0 Å². The molecule has 2 aromatic rings. The van der Waals surface area contributed by atoms with Gasteiger partial charge in [0, 0.05) is 26.6 Å². The van der Waals surface area contributed by atoms with Gasteiger partial charge in [0.25, 0.3) is 0 Å². The molecule has 2 fully saturated rings. The first-order valence-electron chi connectivity index (χ1n) is 9.46. The summed E-state index contributed by atoms with van der Waals surface area (Å²) in [5.41, 5.74) is 2.32. The van der Waals surface area contributed by atoms with E-state index < -0.39 is 11.9 Å². The Bertz CT molecular complexity index is 960. The summed E-state index contributed by atoms with van der Waals surface area (Å²) in [6, 6.07) is 5.58. The molecule has 1 unspecified atom stereocenters. The Labute approximate surface area is 169 Å². The number of aromatic nitrogens is 2. The number of imide groups is 1. The maximum atomic E-state index is 13.0. The summed E-state index contributed by atoms with van der Waals surface area (Å²) in [5, 5.41) is 5.73. The zero-order valence-electron chi connectivity index (χ0n) is 16.1. The molecule has 2 amide bonds. The number of halogens is 1. The summed E-state index contributed by atoms with van der Waals surface area (Å²) >= 11 is 0. The van der Waals surface area contributed by atoms with Crippen molar-refractivity contribution in [1.29, 1.82) is 0 Å². The highest BCUT2D eigenvalue weighted by Gasteiger charge is 2.32. The molecule has 2 aliphatic rings. The molecule has 0 spiro atoms. The third kappa shape index (κ3) is 3.31. The van der Waals surface area contributed by atoms with Gasteiger partial charge in [-0.1, -0.05) is 6.07 Å². The number of carbonyl (C=O) groups excluding carboxylic acids is 2. The summed E-state index contributed by atoms with van der Waals surface area (Å²) in [7, 11) is 3.81. The molecular formula is C19H26ClN5O3. The fourth-order valence-electron chi connectivity index (χ4n) is 4.32. The highest BCUT2D eigenvalue weighted by molar-refractivity contribution is 6.00. The highest BCUT2D eigenvalue weighted by atomic mass is 35.5. The van der Waals surface area contributed by atoms with Crippen LogP contribution in [0.3, 0.4) is 0 Å². The SMILES string of the molecule is CN(c1cccc2c1n(C)c(=O)n2C1CCC(=O)NC1=O)C1CCNCC1.Cl. The first-order valence-corrected chi connectivity index (χ1v) is 9.46. The van der Waals surface area contributed by atoms with Crippen LogP contribution in [0.5, 0.6) is 0 Å². The second-order valence-corrected chi connectivity index (χ2v) is 7.42. The normalized spacial score (nSPS) is 20.7. The van der Waals surface area contributed by atoms with E-state index in [1.807, 2.05) is 18.2 Å². The summed E-state index contributed by atoms with van der Waals surface area (Å²) < 4.78 is 3.16. The molecule has 1 atom stereocenters. The minimum absolute atomic E-state index is 0. The van der Waals surface area contributed by atoms with Crippen LogP contribution >= 0.6 is 12.4 Å². The molecule has 0 radical (unpaired) electrons. The van der Waals surface area contributed by atoms with Crippen LogP contribution in [0.25, 0.3) is 11.0 Å². The fraction of sp³-hybridized carbons (Fsp3) is 0.526. The summed E-state index contributed by atoms with van der Waals surface area (Å²) in [4.78, 5) is 39.1. The van der Waals surface area contributed by atoms with Crippen LogP contribution in [0.1, 0.15) is 31.7 Å². The highest BCUT2D eigenvalue weighted by Crippen LogP contribution is 2.31. The van der Waals surface area contributed by atoms with E-state index in [0.29, 0.717) is 12.5 Å². The summed E-state index contributed by atoms with van der Waals surface area (Å²) in [6.07, 6.45) is 2.69. The molecule has 2 N–H and O–H groups in total. The molecule has 0 aliphatic carbocycles. The molecule has 4 rings (SSSR count). The number of piperidine rings is 2. The average Bonchev–Trinajstić information content (AvgIpc) is 2.93. The molecule has 28 heavy (non-hydrogen) atoms. The molecule has 3 heterocycles. The largest absolute Gasteiger partial charge is 0.370 e. The van der Waals surface area contributed by atoms with E-state index in [9.17, 15) is 14.4 Å². The number of hydrogen-bond acceptors (Lipinski definition) is 5. The van der Waals surface area contributed by atoms with Gasteiger partial charge in [-0.25, -0.2) is 4.79 Å². The molecule has 8 nitrogen and oxygen atoms in total. The van der Waals surface area contributed by atoms with Crippen molar-refractivity contribution in [3.05, 3.63) is 28.7 Å². The lowest BCUT2D eigenvalue weighted by molar-refractivity contribution is -0.135.